The largest absolute Gasteiger partial charge is 0.497 e. The fourth-order valence-corrected chi connectivity index (χ4v) is 2.57. The van der Waals surface area contributed by atoms with Crippen molar-refractivity contribution in [2.24, 2.45) is 0 Å². The fraction of sp³-hybridized carbons (Fsp3) is 0.533. The van der Waals surface area contributed by atoms with E-state index in [9.17, 15) is 66.3 Å². The van der Waals surface area contributed by atoms with Crippen LogP contribution in [0.5, 0.6) is 5.75 Å². The first-order chi connectivity index (χ1) is 15.0. The molecule has 19 heteroatoms. The van der Waals surface area contributed by atoms with Gasteiger partial charge in [-0.1, -0.05) is 0 Å². The van der Waals surface area contributed by atoms with Crippen molar-refractivity contribution in [3.8, 4) is 5.75 Å². The molecule has 0 saturated carbocycles. The van der Waals surface area contributed by atoms with Crippen LogP contribution in [0, 0.1) is 0 Å². The molecule has 1 saturated heterocycles. The van der Waals surface area contributed by atoms with Crippen LogP contribution in [0.25, 0.3) is 0 Å². The predicted octanol–water partition coefficient (Wildman–Crippen LogP) is 5.20. The molecular weight excluding hydrogens is 522 g/mol. The summed E-state index contributed by atoms with van der Waals surface area (Å²) < 4.78 is 197. The van der Waals surface area contributed by atoms with Gasteiger partial charge in [0.15, 0.2) is 0 Å². The molecule has 1 aromatic carbocycles. The number of nitrogens with zero attached hydrogens (tertiary/aromatic N) is 1. The third kappa shape index (κ3) is 3.77. The number of ether oxygens (including phenoxy) is 2. The van der Waals surface area contributed by atoms with Crippen LogP contribution in [0.15, 0.2) is 24.3 Å². The van der Waals surface area contributed by atoms with E-state index in [0.29, 0.717) is 12.1 Å². The number of nitrogens with one attached hydrogen (secondary N) is 1. The van der Waals surface area contributed by atoms with Gasteiger partial charge in [0.05, 0.1) is 7.11 Å². The highest BCUT2D eigenvalue weighted by atomic mass is 19.4. The number of carbonyl (C=O) groups excluding carboxylic acids is 1. The number of amides is 1. The number of methoxy groups -OCH3 is 1. The minimum atomic E-state index is -7.50. The van der Waals surface area contributed by atoms with Crippen molar-refractivity contribution < 1.29 is 75.7 Å². The monoisotopic (exact) mass is 530 g/mol. The van der Waals surface area contributed by atoms with Crippen LogP contribution in [-0.2, 0) is 9.53 Å². The summed E-state index contributed by atoms with van der Waals surface area (Å²) in [4.78, 5) is 7.97. The zero-order valence-corrected chi connectivity index (χ0v) is 15.8. The van der Waals surface area contributed by atoms with Crippen LogP contribution in [0.1, 0.15) is 0 Å². The Kier molecular flexibility index (Phi) is 6.28. The van der Waals surface area contributed by atoms with Gasteiger partial charge in [-0.2, -0.15) is 61.5 Å². The molecule has 0 aliphatic carbocycles. The van der Waals surface area contributed by atoms with Gasteiger partial charge in [0, 0.05) is 5.69 Å². The maximum atomic E-state index is 14.4. The summed E-state index contributed by atoms with van der Waals surface area (Å²) in [7, 11) is 1.10. The van der Waals surface area contributed by atoms with E-state index in [4.69, 9.17) is 0 Å². The van der Waals surface area contributed by atoms with E-state index >= 15 is 0 Å². The number of morpholine rings is 1. The van der Waals surface area contributed by atoms with Crippen molar-refractivity contribution in [1.82, 2.24) is 4.90 Å². The lowest BCUT2D eigenvalue weighted by Crippen LogP contribution is -2.85. The third-order valence-corrected chi connectivity index (χ3v) is 4.25. The maximum absolute atomic E-state index is 14.4. The van der Waals surface area contributed by atoms with Gasteiger partial charge in [-0.3, -0.25) is 9.53 Å². The lowest BCUT2D eigenvalue weighted by Gasteiger charge is -2.54. The van der Waals surface area contributed by atoms with Gasteiger partial charge in [-0.25, -0.2) is 0 Å². The zero-order chi connectivity index (χ0) is 26.8. The lowest BCUT2D eigenvalue weighted by molar-refractivity contribution is -0.592. The van der Waals surface area contributed by atoms with Gasteiger partial charge in [0.1, 0.15) is 5.75 Å². The highest BCUT2D eigenvalue weighted by Gasteiger charge is 2.95. The number of hydrogen-bond donors (Lipinski definition) is 1. The second-order valence-corrected chi connectivity index (χ2v) is 6.43. The summed E-state index contributed by atoms with van der Waals surface area (Å²) in [5, 5.41) is 0.938. The number of alkyl halides is 14. The van der Waals surface area contributed by atoms with E-state index in [1.54, 1.807) is 0 Å². The Labute approximate surface area is 178 Å². The standard InChI is InChI=1S/C15H8F14N2O3/c1-33-7-4-2-6(3-5-7)30-8(32)9(16,17)31-14(26,27)10(18,12(20,21)22)34-11(19,13(23,24)25)15(31,28)29/h2-5H,1H3,(H,30,32)/t10-,11-/m0/s1. The Morgan fingerprint density at radius 3 is 1.53 bits per heavy atom. The van der Waals surface area contributed by atoms with Crippen LogP contribution in [0.4, 0.5) is 67.2 Å². The average Bonchev–Trinajstić information content (AvgIpc) is 2.64. The number of benzene rings is 1. The van der Waals surface area contributed by atoms with Gasteiger partial charge >= 0.3 is 48.1 Å². The first-order valence-electron chi connectivity index (χ1n) is 8.11. The summed E-state index contributed by atoms with van der Waals surface area (Å²) in [6.07, 6.45) is -15.0. The molecule has 0 radical (unpaired) electrons. The second kappa shape index (κ2) is 7.72. The highest BCUT2D eigenvalue weighted by molar-refractivity contribution is 5.95. The van der Waals surface area contributed by atoms with Crippen molar-refractivity contribution >= 4 is 11.6 Å². The Morgan fingerprint density at radius 1 is 0.824 bits per heavy atom. The van der Waals surface area contributed by atoms with Gasteiger partial charge in [0.2, 0.25) is 0 Å². The molecule has 1 aromatic rings. The Bertz CT molecular complexity index is 894. The molecular formula is C15H8F14N2O3. The van der Waals surface area contributed by atoms with E-state index in [1.807, 2.05) is 4.74 Å². The molecule has 1 amide bonds. The van der Waals surface area contributed by atoms with Crippen LogP contribution in [0.2, 0.25) is 0 Å². The van der Waals surface area contributed by atoms with Crippen molar-refractivity contribution in [3.05, 3.63) is 24.3 Å². The Morgan fingerprint density at radius 2 is 1.21 bits per heavy atom. The molecule has 1 N–H and O–H groups in total. The summed E-state index contributed by atoms with van der Waals surface area (Å²) in [5.41, 5.74) is -0.852. The predicted molar refractivity (Wildman–Crippen MR) is 79.2 cm³/mol. The van der Waals surface area contributed by atoms with Crippen LogP contribution in [0.3, 0.4) is 0 Å². The van der Waals surface area contributed by atoms with E-state index in [1.165, 1.54) is 0 Å². The average molecular weight is 530 g/mol. The number of carbonyl (C=O) groups is 1. The van der Waals surface area contributed by atoms with Gasteiger partial charge < -0.3 is 10.1 Å². The van der Waals surface area contributed by atoms with Gasteiger partial charge in [-0.15, -0.1) is 4.90 Å². The van der Waals surface area contributed by atoms with Crippen molar-refractivity contribution in [3.63, 3.8) is 0 Å². The number of anilines is 1. The van der Waals surface area contributed by atoms with E-state index in [0.717, 1.165) is 24.6 Å². The Hall–Kier alpha value is -2.57. The molecule has 1 aliphatic heterocycles. The number of hydrogen-bond acceptors (Lipinski definition) is 4. The second-order valence-electron chi connectivity index (χ2n) is 6.43. The lowest BCUT2D eigenvalue weighted by atomic mass is 10.0. The third-order valence-electron chi connectivity index (χ3n) is 4.25. The summed E-state index contributed by atoms with van der Waals surface area (Å²) in [6.45, 7) is 0. The van der Waals surface area contributed by atoms with Gasteiger partial charge in [0.25, 0.3) is 0 Å². The minimum Gasteiger partial charge on any atom is -0.497 e. The molecule has 1 heterocycles. The first-order valence-corrected chi connectivity index (χ1v) is 8.11. The van der Waals surface area contributed by atoms with E-state index < -0.39 is 58.7 Å². The topological polar surface area (TPSA) is 50.8 Å². The molecule has 0 bridgehead atoms. The molecule has 0 aromatic heterocycles. The van der Waals surface area contributed by atoms with Crippen LogP contribution >= 0.6 is 0 Å². The molecule has 5 nitrogen and oxygen atoms in total. The van der Waals surface area contributed by atoms with Crippen molar-refractivity contribution in [2.75, 3.05) is 12.4 Å². The molecule has 2 atom stereocenters. The molecule has 0 spiro atoms. The number of rotatable bonds is 4. The molecule has 194 valence electrons. The van der Waals surface area contributed by atoms with Crippen LogP contribution < -0.4 is 10.1 Å². The SMILES string of the molecule is COc1ccc(NC(=O)C(F)(F)N2C(F)(F)[C@](F)(C(F)(F)F)O[C@@](F)(C(F)(F)F)C2(F)F)cc1. The fourth-order valence-electron chi connectivity index (χ4n) is 2.57. The van der Waals surface area contributed by atoms with Gasteiger partial charge in [-0.05, 0) is 24.3 Å². The van der Waals surface area contributed by atoms with E-state index in [2.05, 4.69) is 4.74 Å². The molecule has 2 rings (SSSR count). The van der Waals surface area contributed by atoms with Crippen molar-refractivity contribution in [1.29, 1.82) is 0 Å². The summed E-state index contributed by atoms with van der Waals surface area (Å²) in [5.74, 6) is -18.3. The Balaban J connectivity index is 2.70. The summed E-state index contributed by atoms with van der Waals surface area (Å²) >= 11 is 0. The normalized spacial score (nSPS) is 27.9. The molecule has 34 heavy (non-hydrogen) atoms. The maximum Gasteiger partial charge on any atom is 0.456 e. The summed E-state index contributed by atoms with van der Waals surface area (Å²) in [6, 6.07) is -18.7. The minimum absolute atomic E-state index is 0.0178. The van der Waals surface area contributed by atoms with Crippen molar-refractivity contribution in [2.45, 2.75) is 42.2 Å². The number of halogens is 14. The highest BCUT2D eigenvalue weighted by Crippen LogP contribution is 2.64. The zero-order valence-electron chi connectivity index (χ0n) is 15.8. The first kappa shape index (κ1) is 27.7. The molecule has 1 fully saturated rings. The van der Waals surface area contributed by atoms with Crippen LogP contribution in [-0.4, -0.2) is 60.1 Å². The van der Waals surface area contributed by atoms with E-state index in [-0.39, 0.29) is 5.75 Å². The quantitative estimate of drug-likeness (QED) is 0.430. The molecule has 1 aliphatic rings. The smallest absolute Gasteiger partial charge is 0.456 e. The molecule has 0 unspecified atom stereocenters.